The van der Waals surface area contributed by atoms with Crippen LogP contribution >= 0.6 is 0 Å². The molecule has 0 aromatic heterocycles. The fraction of sp³-hybridized carbons (Fsp3) is 0.261. The molecular weight excluding hydrogens is 334 g/mol. The summed E-state index contributed by atoms with van der Waals surface area (Å²) in [6.45, 7) is 7.49. The zero-order valence-corrected chi connectivity index (χ0v) is 15.9. The van der Waals surface area contributed by atoms with E-state index >= 15 is 0 Å². The molecule has 1 heterocycles. The first-order valence-electron chi connectivity index (χ1n) is 9.48. The topological polar surface area (TPSA) is 35.6 Å². The van der Waals surface area contributed by atoms with Crippen LogP contribution in [-0.4, -0.2) is 37.1 Å². The minimum absolute atomic E-state index is 0.0223. The second-order valence-electron chi connectivity index (χ2n) is 7.19. The lowest BCUT2D eigenvalue weighted by Gasteiger charge is -2.37. The molecule has 138 valence electrons. The van der Waals surface area contributed by atoms with Crippen LogP contribution in [0, 0.1) is 13.8 Å². The van der Waals surface area contributed by atoms with Gasteiger partial charge in [0.15, 0.2) is 0 Å². The van der Waals surface area contributed by atoms with E-state index in [0.717, 1.165) is 37.3 Å². The zero-order valence-electron chi connectivity index (χ0n) is 15.9. The number of rotatable bonds is 2. The fourth-order valence-electron chi connectivity index (χ4n) is 3.70. The normalized spacial score (nSPS) is 14.4. The summed E-state index contributed by atoms with van der Waals surface area (Å²) in [5.74, 6) is 0. The highest BCUT2D eigenvalue weighted by atomic mass is 16.2. The van der Waals surface area contributed by atoms with Gasteiger partial charge in [-0.1, -0.05) is 42.5 Å². The van der Waals surface area contributed by atoms with Crippen molar-refractivity contribution < 1.29 is 4.79 Å². The minimum Gasteiger partial charge on any atom is -0.368 e. The highest BCUT2D eigenvalue weighted by molar-refractivity contribution is 5.93. The summed E-state index contributed by atoms with van der Waals surface area (Å²) in [4.78, 5) is 16.9. The Balaban J connectivity index is 1.40. The number of fused-ring (bicyclic) bond motifs is 1. The summed E-state index contributed by atoms with van der Waals surface area (Å²) in [5, 5.41) is 5.36. The summed E-state index contributed by atoms with van der Waals surface area (Å²) in [6.07, 6.45) is 0. The van der Waals surface area contributed by atoms with Gasteiger partial charge < -0.3 is 15.1 Å². The van der Waals surface area contributed by atoms with Crippen molar-refractivity contribution in [3.63, 3.8) is 0 Å². The first-order valence-corrected chi connectivity index (χ1v) is 9.48. The molecule has 4 heteroatoms. The Labute approximate surface area is 160 Å². The van der Waals surface area contributed by atoms with Crippen LogP contribution in [0.4, 0.5) is 16.2 Å². The highest BCUT2D eigenvalue weighted by Crippen LogP contribution is 2.24. The number of anilines is 2. The molecule has 1 N–H and O–H groups in total. The first kappa shape index (κ1) is 17.4. The van der Waals surface area contributed by atoms with Gasteiger partial charge in [-0.2, -0.15) is 0 Å². The summed E-state index contributed by atoms with van der Waals surface area (Å²) >= 11 is 0. The van der Waals surface area contributed by atoms with E-state index < -0.39 is 0 Å². The van der Waals surface area contributed by atoms with E-state index in [1.165, 1.54) is 22.2 Å². The van der Waals surface area contributed by atoms with Gasteiger partial charge in [-0.15, -0.1) is 0 Å². The number of carbonyl (C=O) groups is 1. The first-order chi connectivity index (χ1) is 13.1. The Hall–Kier alpha value is -3.01. The molecule has 0 radical (unpaired) electrons. The van der Waals surface area contributed by atoms with Crippen LogP contribution in [0.2, 0.25) is 0 Å². The van der Waals surface area contributed by atoms with Crippen molar-refractivity contribution in [3.05, 3.63) is 71.8 Å². The molecule has 27 heavy (non-hydrogen) atoms. The maximum Gasteiger partial charge on any atom is 0.321 e. The van der Waals surface area contributed by atoms with Gasteiger partial charge in [0.25, 0.3) is 0 Å². The third kappa shape index (κ3) is 3.61. The predicted molar refractivity (Wildman–Crippen MR) is 113 cm³/mol. The maximum absolute atomic E-state index is 12.7. The van der Waals surface area contributed by atoms with Crippen molar-refractivity contribution >= 4 is 28.2 Å². The SMILES string of the molecule is Cc1cccc(N2CCN(C(=O)Nc3ccc4ccccc4c3)CC2)c1C. The van der Waals surface area contributed by atoms with Crippen LogP contribution < -0.4 is 10.2 Å². The van der Waals surface area contributed by atoms with Gasteiger partial charge in [0.05, 0.1) is 0 Å². The van der Waals surface area contributed by atoms with Crippen LogP contribution in [0.5, 0.6) is 0 Å². The number of hydrogen-bond acceptors (Lipinski definition) is 2. The van der Waals surface area contributed by atoms with Crippen LogP contribution in [0.15, 0.2) is 60.7 Å². The number of piperazine rings is 1. The van der Waals surface area contributed by atoms with Gasteiger partial charge in [0.2, 0.25) is 0 Å². The molecule has 0 bridgehead atoms. The molecule has 0 saturated carbocycles. The molecule has 0 aliphatic carbocycles. The minimum atomic E-state index is -0.0223. The molecule has 1 fully saturated rings. The van der Waals surface area contributed by atoms with Gasteiger partial charge in [-0.05, 0) is 53.9 Å². The molecule has 1 saturated heterocycles. The Bertz CT molecular complexity index is 974. The third-order valence-electron chi connectivity index (χ3n) is 5.48. The largest absolute Gasteiger partial charge is 0.368 e. The predicted octanol–water partition coefficient (Wildman–Crippen LogP) is 4.81. The summed E-state index contributed by atoms with van der Waals surface area (Å²) < 4.78 is 0. The van der Waals surface area contributed by atoms with Crippen LogP contribution in [0.1, 0.15) is 11.1 Å². The van der Waals surface area contributed by atoms with Crippen LogP contribution in [-0.2, 0) is 0 Å². The Morgan fingerprint density at radius 2 is 1.59 bits per heavy atom. The van der Waals surface area contributed by atoms with E-state index in [1.54, 1.807) is 0 Å². The fourth-order valence-corrected chi connectivity index (χ4v) is 3.70. The number of amides is 2. The van der Waals surface area contributed by atoms with Crippen molar-refractivity contribution in [1.29, 1.82) is 0 Å². The molecule has 4 rings (SSSR count). The standard InChI is InChI=1S/C23H25N3O/c1-17-6-5-9-22(18(17)2)25-12-14-26(15-13-25)23(27)24-21-11-10-19-7-3-4-8-20(19)16-21/h3-11,16H,12-15H2,1-2H3,(H,24,27). The Morgan fingerprint density at radius 3 is 2.37 bits per heavy atom. The van der Waals surface area contributed by atoms with E-state index in [4.69, 9.17) is 0 Å². The van der Waals surface area contributed by atoms with E-state index in [1.807, 2.05) is 35.2 Å². The Morgan fingerprint density at radius 1 is 0.852 bits per heavy atom. The number of benzene rings is 3. The summed E-state index contributed by atoms with van der Waals surface area (Å²) in [6, 6.07) is 20.6. The second-order valence-corrected chi connectivity index (χ2v) is 7.19. The van der Waals surface area contributed by atoms with Crippen LogP contribution in [0.3, 0.4) is 0 Å². The summed E-state index contributed by atoms with van der Waals surface area (Å²) in [7, 11) is 0. The number of nitrogens with one attached hydrogen (secondary N) is 1. The lowest BCUT2D eigenvalue weighted by Crippen LogP contribution is -2.50. The molecular formula is C23H25N3O. The average Bonchev–Trinajstić information content (AvgIpc) is 2.70. The number of urea groups is 1. The molecule has 3 aromatic rings. The van der Waals surface area contributed by atoms with Crippen molar-refractivity contribution in [2.45, 2.75) is 13.8 Å². The van der Waals surface area contributed by atoms with Gasteiger partial charge in [0, 0.05) is 37.6 Å². The maximum atomic E-state index is 12.7. The van der Waals surface area contributed by atoms with Gasteiger partial charge in [-0.3, -0.25) is 0 Å². The van der Waals surface area contributed by atoms with Crippen molar-refractivity contribution in [2.75, 3.05) is 36.4 Å². The zero-order chi connectivity index (χ0) is 18.8. The number of nitrogens with zero attached hydrogens (tertiary/aromatic N) is 2. The molecule has 1 aliphatic rings. The van der Waals surface area contributed by atoms with E-state index in [0.29, 0.717) is 0 Å². The van der Waals surface area contributed by atoms with Crippen molar-refractivity contribution in [3.8, 4) is 0 Å². The molecule has 4 nitrogen and oxygen atoms in total. The second kappa shape index (κ2) is 7.31. The summed E-state index contributed by atoms with van der Waals surface area (Å²) in [5.41, 5.74) is 4.76. The molecule has 0 atom stereocenters. The number of aryl methyl sites for hydroxylation is 1. The average molecular weight is 359 g/mol. The smallest absolute Gasteiger partial charge is 0.321 e. The van der Waals surface area contributed by atoms with Gasteiger partial charge >= 0.3 is 6.03 Å². The van der Waals surface area contributed by atoms with Crippen molar-refractivity contribution in [2.24, 2.45) is 0 Å². The third-order valence-corrected chi connectivity index (χ3v) is 5.48. The quantitative estimate of drug-likeness (QED) is 0.713. The van der Waals surface area contributed by atoms with E-state index in [-0.39, 0.29) is 6.03 Å². The molecule has 1 aliphatic heterocycles. The molecule has 2 amide bonds. The lowest BCUT2D eigenvalue weighted by molar-refractivity contribution is 0.208. The highest BCUT2D eigenvalue weighted by Gasteiger charge is 2.22. The molecule has 0 spiro atoms. The lowest BCUT2D eigenvalue weighted by atomic mass is 10.1. The van der Waals surface area contributed by atoms with Gasteiger partial charge in [-0.25, -0.2) is 4.79 Å². The Kier molecular flexibility index (Phi) is 4.71. The van der Waals surface area contributed by atoms with E-state index in [2.05, 4.69) is 54.4 Å². The number of hydrogen-bond donors (Lipinski definition) is 1. The monoisotopic (exact) mass is 359 g/mol. The van der Waals surface area contributed by atoms with Crippen molar-refractivity contribution in [1.82, 2.24) is 4.90 Å². The molecule has 0 unspecified atom stereocenters. The van der Waals surface area contributed by atoms with Gasteiger partial charge in [0.1, 0.15) is 0 Å². The van der Waals surface area contributed by atoms with E-state index in [9.17, 15) is 4.79 Å². The number of carbonyl (C=O) groups excluding carboxylic acids is 1. The molecule has 3 aromatic carbocycles. The van der Waals surface area contributed by atoms with Crippen LogP contribution in [0.25, 0.3) is 10.8 Å².